The molecule has 0 aliphatic rings. The van der Waals surface area contributed by atoms with Gasteiger partial charge in [0, 0.05) is 17.5 Å². The molecule has 3 rings (SSSR count). The Balaban J connectivity index is 1.69. The number of rotatable bonds is 8. The smallest absolute Gasteiger partial charge is 0.416 e. The number of hydrogen-bond acceptors (Lipinski definition) is 4. The predicted octanol–water partition coefficient (Wildman–Crippen LogP) is 6.86. The summed E-state index contributed by atoms with van der Waals surface area (Å²) in [6, 6.07) is 16.2. The van der Waals surface area contributed by atoms with Gasteiger partial charge in [-0.2, -0.15) is 13.2 Å². The number of benzene rings is 3. The van der Waals surface area contributed by atoms with Crippen molar-refractivity contribution in [1.29, 1.82) is 0 Å². The number of alkyl halides is 3. The summed E-state index contributed by atoms with van der Waals surface area (Å²) < 4.78 is 44.3. The number of ketones is 1. The van der Waals surface area contributed by atoms with Crippen LogP contribution < -0.4 is 5.32 Å². The second-order valence-corrected chi connectivity index (χ2v) is 8.59. The van der Waals surface area contributed by atoms with Crippen LogP contribution in [-0.2, 0) is 20.5 Å². The Hall–Kier alpha value is -3.65. The van der Waals surface area contributed by atoms with Gasteiger partial charge >= 0.3 is 12.1 Å². The van der Waals surface area contributed by atoms with Crippen LogP contribution in [0.1, 0.15) is 51.6 Å². The van der Waals surface area contributed by atoms with Crippen LogP contribution in [0.5, 0.6) is 0 Å². The van der Waals surface area contributed by atoms with Crippen LogP contribution in [0.4, 0.5) is 18.9 Å². The van der Waals surface area contributed by atoms with E-state index in [0.717, 1.165) is 23.3 Å². The molecule has 0 saturated heterocycles. The molecule has 0 fully saturated rings. The monoisotopic (exact) mass is 517 g/mol. The molecule has 0 saturated carbocycles. The Labute approximate surface area is 211 Å². The maximum atomic E-state index is 13.2. The number of Topliss-reactive ketones (excluding diaryl/α,β-unsaturated/α-hetero) is 1. The Morgan fingerprint density at radius 3 is 2.25 bits per heavy atom. The molecule has 188 valence electrons. The van der Waals surface area contributed by atoms with Crippen molar-refractivity contribution in [2.75, 3.05) is 5.32 Å². The molecule has 0 heterocycles. The molecule has 3 aromatic carbocycles. The van der Waals surface area contributed by atoms with Gasteiger partial charge in [-0.05, 0) is 49.2 Å². The summed E-state index contributed by atoms with van der Waals surface area (Å²) >= 11 is 5.89. The molecule has 9 heteroatoms. The molecule has 1 atom stereocenters. The van der Waals surface area contributed by atoms with Crippen molar-refractivity contribution in [3.05, 3.63) is 99.6 Å². The molecule has 0 unspecified atom stereocenters. The number of esters is 1. The molecule has 0 aliphatic carbocycles. The molecule has 3 aromatic rings. The van der Waals surface area contributed by atoms with E-state index >= 15 is 0 Å². The highest BCUT2D eigenvalue weighted by molar-refractivity contribution is 6.33. The molecule has 5 nitrogen and oxygen atoms in total. The van der Waals surface area contributed by atoms with Crippen molar-refractivity contribution < 1.29 is 32.3 Å². The number of ether oxygens (including phenoxy) is 1. The average molecular weight is 518 g/mol. The number of aryl methyl sites for hydroxylation is 2. The van der Waals surface area contributed by atoms with Gasteiger partial charge in [-0.25, -0.2) is 0 Å². The minimum Gasteiger partial charge on any atom is -0.449 e. The zero-order chi connectivity index (χ0) is 26.5. The van der Waals surface area contributed by atoms with E-state index in [9.17, 15) is 27.6 Å². The van der Waals surface area contributed by atoms with Gasteiger partial charge in [0.05, 0.1) is 22.7 Å². The maximum absolute atomic E-state index is 13.2. The zero-order valence-corrected chi connectivity index (χ0v) is 20.2. The van der Waals surface area contributed by atoms with Crippen molar-refractivity contribution in [3.8, 4) is 0 Å². The minimum absolute atomic E-state index is 0.0814. The van der Waals surface area contributed by atoms with Crippen LogP contribution >= 0.6 is 11.6 Å². The first-order valence-corrected chi connectivity index (χ1v) is 11.4. The number of nitrogens with one attached hydrogen (secondary N) is 1. The average Bonchev–Trinajstić information content (AvgIpc) is 2.83. The molecule has 1 N–H and O–H groups in total. The SMILES string of the molecule is Cc1ccc(C(=O)[C@H](OC(=O)CCC(=O)Nc2cc(C(F)(F)F)ccc2Cl)c2ccccc2)cc1C. The van der Waals surface area contributed by atoms with E-state index in [2.05, 4.69) is 5.32 Å². The lowest BCUT2D eigenvalue weighted by Gasteiger charge is -2.18. The number of hydrogen-bond donors (Lipinski definition) is 1. The van der Waals surface area contributed by atoms with Gasteiger partial charge in [-0.1, -0.05) is 54.1 Å². The zero-order valence-electron chi connectivity index (χ0n) is 19.5. The summed E-state index contributed by atoms with van der Waals surface area (Å²) in [5.41, 5.74) is 1.55. The van der Waals surface area contributed by atoms with Gasteiger partial charge < -0.3 is 10.1 Å². The summed E-state index contributed by atoms with van der Waals surface area (Å²) in [6.45, 7) is 3.78. The normalized spacial score (nSPS) is 12.1. The van der Waals surface area contributed by atoms with Crippen LogP contribution in [-0.4, -0.2) is 17.7 Å². The van der Waals surface area contributed by atoms with Gasteiger partial charge in [0.25, 0.3) is 0 Å². The van der Waals surface area contributed by atoms with Crippen LogP contribution in [0, 0.1) is 13.8 Å². The highest BCUT2D eigenvalue weighted by Crippen LogP contribution is 2.34. The fraction of sp³-hybridized carbons (Fsp3) is 0.222. The highest BCUT2D eigenvalue weighted by atomic mass is 35.5. The third-order valence-electron chi connectivity index (χ3n) is 5.51. The number of amides is 1. The number of halogens is 4. The first-order chi connectivity index (χ1) is 17.0. The fourth-order valence-electron chi connectivity index (χ4n) is 3.36. The van der Waals surface area contributed by atoms with Crippen LogP contribution in [0.3, 0.4) is 0 Å². The lowest BCUT2D eigenvalue weighted by molar-refractivity contribution is -0.148. The first-order valence-electron chi connectivity index (χ1n) is 11.0. The fourth-order valence-corrected chi connectivity index (χ4v) is 3.53. The third kappa shape index (κ3) is 6.95. The van der Waals surface area contributed by atoms with E-state index in [1.165, 1.54) is 0 Å². The topological polar surface area (TPSA) is 72.5 Å². The summed E-state index contributed by atoms with van der Waals surface area (Å²) in [6.07, 6.45) is -6.61. The van der Waals surface area contributed by atoms with Crippen molar-refractivity contribution in [2.45, 2.75) is 39.0 Å². The van der Waals surface area contributed by atoms with Gasteiger partial charge in [0.15, 0.2) is 6.10 Å². The van der Waals surface area contributed by atoms with Crippen LogP contribution in [0.2, 0.25) is 5.02 Å². The molecule has 0 radical (unpaired) electrons. The number of carbonyl (C=O) groups excluding carboxylic acids is 3. The predicted molar refractivity (Wildman–Crippen MR) is 130 cm³/mol. The van der Waals surface area contributed by atoms with E-state index in [1.807, 2.05) is 13.8 Å². The molecule has 1 amide bonds. The van der Waals surface area contributed by atoms with E-state index in [1.54, 1.807) is 48.5 Å². The van der Waals surface area contributed by atoms with Gasteiger partial charge in [0.1, 0.15) is 0 Å². The third-order valence-corrected chi connectivity index (χ3v) is 5.83. The quantitative estimate of drug-likeness (QED) is 0.262. The Morgan fingerprint density at radius 1 is 0.917 bits per heavy atom. The standard InChI is InChI=1S/C27H23ClF3NO4/c1-16-8-9-19(14-17(16)2)25(35)26(18-6-4-3-5-7-18)36-24(34)13-12-23(33)32-22-15-20(27(29,30)31)10-11-21(22)28/h3-11,14-15,26H,12-13H2,1-2H3,(H,32,33)/t26-/m1/s1. The van der Waals surface area contributed by atoms with Crippen molar-refractivity contribution in [3.63, 3.8) is 0 Å². The van der Waals surface area contributed by atoms with E-state index in [-0.39, 0.29) is 17.1 Å². The second kappa shape index (κ2) is 11.4. The van der Waals surface area contributed by atoms with Crippen LogP contribution in [0.15, 0.2) is 66.7 Å². The van der Waals surface area contributed by atoms with E-state index < -0.39 is 41.9 Å². The second-order valence-electron chi connectivity index (χ2n) is 8.18. The molecular formula is C27H23ClF3NO4. The molecule has 0 spiro atoms. The molecule has 36 heavy (non-hydrogen) atoms. The summed E-state index contributed by atoms with van der Waals surface area (Å²) in [4.78, 5) is 38.1. The molecule has 0 aliphatic heterocycles. The molecule has 0 bridgehead atoms. The van der Waals surface area contributed by atoms with Crippen molar-refractivity contribution in [2.24, 2.45) is 0 Å². The van der Waals surface area contributed by atoms with Gasteiger partial charge in [-0.15, -0.1) is 0 Å². The summed E-state index contributed by atoms with van der Waals surface area (Å²) in [5, 5.41) is 2.20. The lowest BCUT2D eigenvalue weighted by atomic mass is 9.97. The van der Waals surface area contributed by atoms with Gasteiger partial charge in [0.2, 0.25) is 11.7 Å². The molecule has 0 aromatic heterocycles. The van der Waals surface area contributed by atoms with Crippen LogP contribution in [0.25, 0.3) is 0 Å². The Morgan fingerprint density at radius 2 is 1.61 bits per heavy atom. The van der Waals surface area contributed by atoms with Crippen molar-refractivity contribution >= 4 is 34.9 Å². The lowest BCUT2D eigenvalue weighted by Crippen LogP contribution is -2.22. The summed E-state index contributed by atoms with van der Waals surface area (Å²) in [7, 11) is 0. The molecular weight excluding hydrogens is 495 g/mol. The largest absolute Gasteiger partial charge is 0.449 e. The van der Waals surface area contributed by atoms with Crippen molar-refractivity contribution in [1.82, 2.24) is 0 Å². The maximum Gasteiger partial charge on any atom is 0.416 e. The number of carbonyl (C=O) groups is 3. The Kier molecular flexibility index (Phi) is 8.53. The number of anilines is 1. The summed E-state index contributed by atoms with van der Waals surface area (Å²) in [5.74, 6) is -1.96. The van der Waals surface area contributed by atoms with E-state index in [4.69, 9.17) is 16.3 Å². The Bertz CT molecular complexity index is 1280. The minimum atomic E-state index is -4.61. The van der Waals surface area contributed by atoms with Gasteiger partial charge in [-0.3, -0.25) is 14.4 Å². The highest BCUT2D eigenvalue weighted by Gasteiger charge is 2.31. The van der Waals surface area contributed by atoms with E-state index in [0.29, 0.717) is 17.2 Å². The first kappa shape index (κ1) is 26.9.